The zero-order chi connectivity index (χ0) is 9.72. The highest BCUT2D eigenvalue weighted by Gasteiger charge is 2.07. The largest absolute Gasteiger partial charge is 0.350 e. The minimum atomic E-state index is 0.0596. The third kappa shape index (κ3) is 3.56. The fraction of sp³-hybridized carbons (Fsp3) is 0.700. The van der Waals surface area contributed by atoms with Crippen molar-refractivity contribution in [2.45, 2.75) is 47.1 Å². The first-order valence-electron chi connectivity index (χ1n) is 4.44. The maximum atomic E-state index is 11.4. The summed E-state index contributed by atoms with van der Waals surface area (Å²) >= 11 is 0. The van der Waals surface area contributed by atoms with Crippen molar-refractivity contribution in [3.05, 3.63) is 11.1 Å². The number of carbonyl (C=O) groups is 1. The van der Waals surface area contributed by atoms with Crippen molar-refractivity contribution in [2.24, 2.45) is 0 Å². The first-order valence-corrected chi connectivity index (χ1v) is 4.44. The maximum absolute atomic E-state index is 11.4. The van der Waals surface area contributed by atoms with Crippen LogP contribution in [0.15, 0.2) is 11.1 Å². The topological polar surface area (TPSA) is 29.1 Å². The summed E-state index contributed by atoms with van der Waals surface area (Å²) in [5.74, 6) is 0.0596. The van der Waals surface area contributed by atoms with Crippen molar-refractivity contribution in [2.75, 3.05) is 0 Å². The number of hydrogen-bond donors (Lipinski definition) is 1. The summed E-state index contributed by atoms with van der Waals surface area (Å²) in [7, 11) is 0. The maximum Gasteiger partial charge on any atom is 0.247 e. The van der Waals surface area contributed by atoms with Crippen LogP contribution < -0.4 is 5.32 Å². The Balaban J connectivity index is 4.15. The zero-order valence-electron chi connectivity index (χ0n) is 8.69. The molecule has 0 aromatic rings. The average molecular weight is 169 g/mol. The van der Waals surface area contributed by atoms with E-state index < -0.39 is 0 Å². The molecule has 0 heterocycles. The van der Waals surface area contributed by atoms with Gasteiger partial charge in [-0.25, -0.2) is 0 Å². The predicted octanol–water partition coefficient (Wildman–Crippen LogP) is 2.26. The van der Waals surface area contributed by atoms with Gasteiger partial charge in [0, 0.05) is 11.6 Å². The number of allylic oxidation sites excluding steroid dienone is 1. The minimum absolute atomic E-state index is 0.0596. The molecule has 2 heteroatoms. The van der Waals surface area contributed by atoms with Gasteiger partial charge in [-0.05, 0) is 34.1 Å². The fourth-order valence-electron chi connectivity index (χ4n) is 0.661. The second-order valence-corrected chi connectivity index (χ2v) is 3.41. The van der Waals surface area contributed by atoms with E-state index in [1.54, 1.807) is 0 Å². The van der Waals surface area contributed by atoms with E-state index in [9.17, 15) is 4.79 Å². The molecule has 0 aromatic heterocycles. The molecular formula is C10H19NO. The highest BCUT2D eigenvalue weighted by Crippen LogP contribution is 2.02. The highest BCUT2D eigenvalue weighted by molar-refractivity contribution is 5.93. The third-order valence-electron chi connectivity index (χ3n) is 2.08. The lowest BCUT2D eigenvalue weighted by Gasteiger charge is -2.12. The van der Waals surface area contributed by atoms with Crippen molar-refractivity contribution in [3.63, 3.8) is 0 Å². The number of rotatable bonds is 3. The van der Waals surface area contributed by atoms with Gasteiger partial charge in [0.15, 0.2) is 0 Å². The molecule has 1 amide bonds. The van der Waals surface area contributed by atoms with E-state index in [-0.39, 0.29) is 11.9 Å². The average Bonchev–Trinajstić information content (AvgIpc) is 2.02. The van der Waals surface area contributed by atoms with E-state index in [0.717, 1.165) is 17.6 Å². The van der Waals surface area contributed by atoms with Crippen LogP contribution in [0.5, 0.6) is 0 Å². The van der Waals surface area contributed by atoms with Gasteiger partial charge in [0.05, 0.1) is 0 Å². The normalized spacial score (nSPS) is 12.1. The Morgan fingerprint density at radius 1 is 1.33 bits per heavy atom. The van der Waals surface area contributed by atoms with Crippen LogP contribution in [0.4, 0.5) is 0 Å². The Morgan fingerprint density at radius 3 is 2.17 bits per heavy atom. The van der Waals surface area contributed by atoms with Gasteiger partial charge in [-0.1, -0.05) is 12.5 Å². The van der Waals surface area contributed by atoms with Gasteiger partial charge in [-0.2, -0.15) is 0 Å². The highest BCUT2D eigenvalue weighted by atomic mass is 16.1. The van der Waals surface area contributed by atoms with Crippen LogP contribution in [-0.4, -0.2) is 11.9 Å². The summed E-state index contributed by atoms with van der Waals surface area (Å²) in [6, 6.07) is 0.270. The molecule has 1 unspecified atom stereocenters. The Hall–Kier alpha value is -0.790. The van der Waals surface area contributed by atoms with E-state index in [2.05, 4.69) is 12.2 Å². The first kappa shape index (κ1) is 11.2. The van der Waals surface area contributed by atoms with Crippen molar-refractivity contribution in [3.8, 4) is 0 Å². The Kier molecular flexibility index (Phi) is 4.64. The van der Waals surface area contributed by atoms with Crippen LogP contribution in [0.25, 0.3) is 0 Å². The van der Waals surface area contributed by atoms with Crippen molar-refractivity contribution in [1.29, 1.82) is 0 Å². The van der Waals surface area contributed by atoms with Gasteiger partial charge in [0.25, 0.3) is 0 Å². The van der Waals surface area contributed by atoms with E-state index in [1.165, 1.54) is 0 Å². The van der Waals surface area contributed by atoms with Crippen molar-refractivity contribution < 1.29 is 4.79 Å². The zero-order valence-corrected chi connectivity index (χ0v) is 8.69. The number of hydrogen-bond acceptors (Lipinski definition) is 1. The summed E-state index contributed by atoms with van der Waals surface area (Å²) in [5, 5.41) is 2.91. The molecule has 0 aliphatic heterocycles. The Labute approximate surface area is 75.0 Å². The minimum Gasteiger partial charge on any atom is -0.350 e. The van der Waals surface area contributed by atoms with Crippen LogP contribution >= 0.6 is 0 Å². The Bertz CT molecular complexity index is 190. The predicted molar refractivity (Wildman–Crippen MR) is 51.9 cm³/mol. The molecule has 0 aliphatic rings. The van der Waals surface area contributed by atoms with Gasteiger partial charge < -0.3 is 5.32 Å². The molecule has 0 aliphatic carbocycles. The second kappa shape index (κ2) is 4.96. The third-order valence-corrected chi connectivity index (χ3v) is 2.08. The second-order valence-electron chi connectivity index (χ2n) is 3.41. The van der Waals surface area contributed by atoms with Crippen LogP contribution in [0.1, 0.15) is 41.0 Å². The van der Waals surface area contributed by atoms with Gasteiger partial charge in [0.1, 0.15) is 0 Å². The molecule has 2 nitrogen and oxygen atoms in total. The van der Waals surface area contributed by atoms with E-state index >= 15 is 0 Å². The molecule has 0 fully saturated rings. The summed E-state index contributed by atoms with van der Waals surface area (Å²) in [6.45, 7) is 9.82. The fourth-order valence-corrected chi connectivity index (χ4v) is 0.661. The molecule has 70 valence electrons. The molecule has 0 saturated carbocycles. The molecular weight excluding hydrogens is 150 g/mol. The Morgan fingerprint density at radius 2 is 1.83 bits per heavy atom. The molecule has 1 N–H and O–H groups in total. The molecule has 0 rings (SSSR count). The molecule has 12 heavy (non-hydrogen) atoms. The number of amides is 1. The smallest absolute Gasteiger partial charge is 0.247 e. The van der Waals surface area contributed by atoms with Gasteiger partial charge in [0.2, 0.25) is 5.91 Å². The molecule has 1 atom stereocenters. The number of carbonyl (C=O) groups excluding carboxylic acids is 1. The van der Waals surface area contributed by atoms with Crippen LogP contribution in [0.3, 0.4) is 0 Å². The summed E-state index contributed by atoms with van der Waals surface area (Å²) in [4.78, 5) is 11.4. The monoisotopic (exact) mass is 169 g/mol. The molecule has 0 radical (unpaired) electrons. The van der Waals surface area contributed by atoms with Crippen LogP contribution in [0, 0.1) is 0 Å². The summed E-state index contributed by atoms with van der Waals surface area (Å²) in [6.07, 6.45) is 0.974. The molecule has 0 aromatic carbocycles. The lowest BCUT2D eigenvalue weighted by Crippen LogP contribution is -2.32. The van der Waals surface area contributed by atoms with Gasteiger partial charge in [-0.3, -0.25) is 4.79 Å². The van der Waals surface area contributed by atoms with Crippen molar-refractivity contribution in [1.82, 2.24) is 5.32 Å². The summed E-state index contributed by atoms with van der Waals surface area (Å²) < 4.78 is 0. The van der Waals surface area contributed by atoms with Crippen molar-refractivity contribution >= 4 is 5.91 Å². The molecule has 0 saturated heterocycles. The number of nitrogens with one attached hydrogen (secondary N) is 1. The standard InChI is InChI=1S/C10H19NO/c1-6-8(4)11-10(12)9(5)7(2)3/h8H,6H2,1-5H3,(H,11,12). The quantitative estimate of drug-likeness (QED) is 0.645. The summed E-state index contributed by atoms with van der Waals surface area (Å²) in [5.41, 5.74) is 1.91. The van der Waals surface area contributed by atoms with Gasteiger partial charge >= 0.3 is 0 Å². The lowest BCUT2D eigenvalue weighted by atomic mass is 10.1. The van der Waals surface area contributed by atoms with E-state index in [1.807, 2.05) is 27.7 Å². The first-order chi connectivity index (χ1) is 5.49. The lowest BCUT2D eigenvalue weighted by molar-refractivity contribution is -0.118. The van der Waals surface area contributed by atoms with Crippen LogP contribution in [0.2, 0.25) is 0 Å². The van der Waals surface area contributed by atoms with Gasteiger partial charge in [-0.15, -0.1) is 0 Å². The van der Waals surface area contributed by atoms with E-state index in [0.29, 0.717) is 0 Å². The SMILES string of the molecule is CCC(C)NC(=O)C(C)=C(C)C. The van der Waals surface area contributed by atoms with Crippen LogP contribution in [-0.2, 0) is 4.79 Å². The molecule has 0 spiro atoms. The molecule has 0 bridgehead atoms. The van der Waals surface area contributed by atoms with E-state index in [4.69, 9.17) is 0 Å².